The van der Waals surface area contributed by atoms with Crippen molar-refractivity contribution in [1.82, 2.24) is 0 Å². The Morgan fingerprint density at radius 1 is 0.905 bits per heavy atom. The van der Waals surface area contributed by atoms with Crippen LogP contribution < -0.4 is 19.9 Å². The van der Waals surface area contributed by atoms with Gasteiger partial charge in [0, 0.05) is 32.1 Å². The van der Waals surface area contributed by atoms with Crippen LogP contribution >= 0.6 is 11.6 Å². The van der Waals surface area contributed by atoms with Gasteiger partial charge in [-0.2, -0.15) is 4.73 Å². The van der Waals surface area contributed by atoms with Crippen LogP contribution in [0.3, 0.4) is 0 Å². The van der Waals surface area contributed by atoms with E-state index >= 15 is 0 Å². The largest absolute Gasteiger partial charge is 0.618 e. The number of nitrogens with zero attached hydrogens (tertiary/aromatic N) is 1. The molecule has 0 fully saturated rings. The van der Waals surface area contributed by atoms with Crippen LogP contribution in [0.1, 0.15) is 45.8 Å². The van der Waals surface area contributed by atoms with Gasteiger partial charge in [0.05, 0.1) is 10.6 Å². The van der Waals surface area contributed by atoms with Crippen LogP contribution in [0.15, 0.2) is 72.9 Å². The van der Waals surface area contributed by atoms with Crippen LogP contribution in [0.5, 0.6) is 11.5 Å². The minimum atomic E-state index is 0.170. The number of ether oxygens (including phenoxy) is 3. The lowest BCUT2D eigenvalue weighted by atomic mass is 9.87. The summed E-state index contributed by atoms with van der Waals surface area (Å²) in [6, 6.07) is 22.3. The molecule has 222 valence electrons. The van der Waals surface area contributed by atoms with Crippen molar-refractivity contribution in [2.45, 2.75) is 46.0 Å². The van der Waals surface area contributed by atoms with Gasteiger partial charge in [0.1, 0.15) is 24.7 Å². The lowest BCUT2D eigenvalue weighted by Crippen LogP contribution is -2.32. The molecule has 1 atom stereocenters. The van der Waals surface area contributed by atoms with E-state index in [-0.39, 0.29) is 5.92 Å². The van der Waals surface area contributed by atoms with Crippen LogP contribution in [0.25, 0.3) is 11.1 Å². The zero-order valence-corrected chi connectivity index (χ0v) is 25.7. The molecule has 42 heavy (non-hydrogen) atoms. The molecule has 4 rings (SSSR count). The molecule has 3 aromatic carbocycles. The molecule has 1 unspecified atom stereocenters. The molecule has 0 spiro atoms. The van der Waals surface area contributed by atoms with E-state index in [4.69, 9.17) is 31.5 Å². The first-order chi connectivity index (χ1) is 20.3. The summed E-state index contributed by atoms with van der Waals surface area (Å²) < 4.78 is 17.9. The Balaban J connectivity index is 1.37. The number of benzene rings is 3. The van der Waals surface area contributed by atoms with Crippen molar-refractivity contribution in [3.05, 3.63) is 117 Å². The second kappa shape index (κ2) is 15.1. The third-order valence-corrected chi connectivity index (χ3v) is 7.79. The van der Waals surface area contributed by atoms with Crippen molar-refractivity contribution >= 4 is 11.6 Å². The molecular weight excluding hydrogens is 548 g/mol. The number of hydrogen-bond donors (Lipinski definition) is 1. The Morgan fingerprint density at radius 3 is 2.36 bits per heavy atom. The van der Waals surface area contributed by atoms with Gasteiger partial charge in [0.2, 0.25) is 5.69 Å². The van der Waals surface area contributed by atoms with E-state index in [1.807, 2.05) is 38.1 Å². The molecular formula is C35H41ClN2O4. The van der Waals surface area contributed by atoms with Crippen molar-refractivity contribution < 1.29 is 18.9 Å². The summed E-state index contributed by atoms with van der Waals surface area (Å²) in [7, 11) is 1.68. The number of halogens is 1. The van der Waals surface area contributed by atoms with Crippen LogP contribution in [0.4, 0.5) is 0 Å². The second-order valence-corrected chi connectivity index (χ2v) is 11.1. The SMILES string of the molecule is COCCCc1c(-c2ccc(C(CN)Cc3ccc(OCCOc4c(C)cc(C)cc4Cl)cc3)c(C)c2)ccc[n+]1[O-]. The summed E-state index contributed by atoms with van der Waals surface area (Å²) in [5, 5.41) is 13.2. The topological polar surface area (TPSA) is 80.7 Å². The molecule has 7 heteroatoms. The molecule has 0 saturated carbocycles. The van der Waals surface area contributed by atoms with Crippen LogP contribution in [-0.2, 0) is 17.6 Å². The predicted octanol–water partition coefficient (Wildman–Crippen LogP) is 6.89. The molecule has 0 aliphatic heterocycles. The van der Waals surface area contributed by atoms with E-state index in [1.165, 1.54) is 11.1 Å². The normalized spacial score (nSPS) is 11.9. The molecule has 1 aromatic heterocycles. The van der Waals surface area contributed by atoms with Gasteiger partial charge in [-0.25, -0.2) is 0 Å². The van der Waals surface area contributed by atoms with Gasteiger partial charge >= 0.3 is 0 Å². The van der Waals surface area contributed by atoms with Crippen molar-refractivity contribution in [3.63, 3.8) is 0 Å². The smallest absolute Gasteiger partial charge is 0.200 e. The minimum absolute atomic E-state index is 0.170. The summed E-state index contributed by atoms with van der Waals surface area (Å²) in [6.07, 6.45) is 3.83. The molecule has 0 aliphatic carbocycles. The monoisotopic (exact) mass is 588 g/mol. The van der Waals surface area contributed by atoms with Gasteiger partial charge in [-0.05, 0) is 97.8 Å². The van der Waals surface area contributed by atoms with Gasteiger partial charge in [0.15, 0.2) is 6.20 Å². The van der Waals surface area contributed by atoms with Gasteiger partial charge in [-0.1, -0.05) is 48.0 Å². The molecule has 6 nitrogen and oxygen atoms in total. The highest BCUT2D eigenvalue weighted by Crippen LogP contribution is 2.31. The predicted molar refractivity (Wildman–Crippen MR) is 170 cm³/mol. The maximum Gasteiger partial charge on any atom is 0.200 e. The number of nitrogens with two attached hydrogens (primary N) is 1. The van der Waals surface area contributed by atoms with E-state index < -0.39 is 0 Å². The lowest BCUT2D eigenvalue weighted by Gasteiger charge is -2.19. The van der Waals surface area contributed by atoms with Crippen LogP contribution in [0, 0.1) is 26.0 Å². The van der Waals surface area contributed by atoms with Crippen molar-refractivity contribution in [1.29, 1.82) is 0 Å². The standard InChI is InChI=1S/C35H41ClN2O4/c1-24-19-26(3)35(33(36)20-24)42-18-17-41-30-12-9-27(10-13-30)22-29(23-37)31-14-11-28(21-25(31)2)32-7-5-15-38(39)34(32)8-6-16-40-4/h5,7,9-15,19-21,29H,6,8,16-18,22-23,37H2,1-4H3. The zero-order chi connectivity index (χ0) is 30.1. The summed E-state index contributed by atoms with van der Waals surface area (Å²) >= 11 is 6.33. The molecule has 1 heterocycles. The van der Waals surface area contributed by atoms with Gasteiger partial charge in [-0.3, -0.25) is 0 Å². The number of aromatic nitrogens is 1. The Morgan fingerprint density at radius 2 is 1.67 bits per heavy atom. The molecule has 0 radical (unpaired) electrons. The Labute approximate surface area is 254 Å². The summed E-state index contributed by atoms with van der Waals surface area (Å²) in [6.45, 7) is 8.10. The van der Waals surface area contributed by atoms with Crippen LogP contribution in [-0.4, -0.2) is 33.5 Å². The highest BCUT2D eigenvalue weighted by molar-refractivity contribution is 6.32. The lowest BCUT2D eigenvalue weighted by molar-refractivity contribution is -0.613. The molecule has 2 N–H and O–H groups in total. The van der Waals surface area contributed by atoms with Crippen molar-refractivity contribution in [2.75, 3.05) is 33.5 Å². The third kappa shape index (κ3) is 8.03. The highest BCUT2D eigenvalue weighted by Gasteiger charge is 2.18. The second-order valence-electron chi connectivity index (χ2n) is 10.7. The van der Waals surface area contributed by atoms with E-state index in [0.29, 0.717) is 43.6 Å². The minimum Gasteiger partial charge on any atom is -0.618 e. The Bertz CT molecular complexity index is 1450. The number of hydrogen-bond acceptors (Lipinski definition) is 5. The molecule has 0 amide bonds. The molecule has 0 aliphatic rings. The number of pyridine rings is 1. The van der Waals surface area contributed by atoms with Crippen molar-refractivity contribution in [2.24, 2.45) is 5.73 Å². The first-order valence-corrected chi connectivity index (χ1v) is 14.8. The van der Waals surface area contributed by atoms with Crippen molar-refractivity contribution in [3.8, 4) is 22.6 Å². The molecule has 0 saturated heterocycles. The van der Waals surface area contributed by atoms with E-state index in [1.54, 1.807) is 19.4 Å². The number of rotatable bonds is 14. The van der Waals surface area contributed by atoms with E-state index in [2.05, 4.69) is 43.3 Å². The fourth-order valence-electron chi connectivity index (χ4n) is 5.43. The van der Waals surface area contributed by atoms with Gasteiger partial charge in [0.25, 0.3) is 0 Å². The summed E-state index contributed by atoms with van der Waals surface area (Å²) in [4.78, 5) is 0. The Kier molecular flexibility index (Phi) is 11.2. The summed E-state index contributed by atoms with van der Waals surface area (Å²) in [5.74, 6) is 1.67. The molecule has 0 bridgehead atoms. The van der Waals surface area contributed by atoms with Crippen LogP contribution in [0.2, 0.25) is 5.02 Å². The third-order valence-electron chi connectivity index (χ3n) is 7.51. The average molecular weight is 589 g/mol. The average Bonchev–Trinajstić information content (AvgIpc) is 2.97. The zero-order valence-electron chi connectivity index (χ0n) is 25.0. The maximum atomic E-state index is 12.5. The van der Waals surface area contributed by atoms with E-state index in [9.17, 15) is 5.21 Å². The van der Waals surface area contributed by atoms with Gasteiger partial charge < -0.3 is 25.2 Å². The maximum absolute atomic E-state index is 12.5. The fourth-order valence-corrected chi connectivity index (χ4v) is 5.81. The highest BCUT2D eigenvalue weighted by atomic mass is 35.5. The fraction of sp³-hybridized carbons (Fsp3) is 0.343. The quantitative estimate of drug-likeness (QED) is 0.0986. The first kappa shape index (κ1) is 31.4. The molecule has 4 aromatic rings. The number of aryl methyl sites for hydroxylation is 3. The number of methoxy groups -OCH3 is 1. The van der Waals surface area contributed by atoms with E-state index in [0.717, 1.165) is 56.8 Å². The first-order valence-electron chi connectivity index (χ1n) is 14.4. The van der Waals surface area contributed by atoms with Gasteiger partial charge in [-0.15, -0.1) is 0 Å². The Hall–Kier alpha value is -3.58. The summed E-state index contributed by atoms with van der Waals surface area (Å²) in [5.41, 5.74) is 14.7.